The quantitative estimate of drug-likeness (QED) is 0.570. The maximum absolute atomic E-state index is 11.4. The fourth-order valence-electron chi connectivity index (χ4n) is 1.12. The lowest BCUT2D eigenvalue weighted by Crippen LogP contribution is -2.19. The van der Waals surface area contributed by atoms with Crippen LogP contribution in [-0.2, 0) is 6.54 Å². The Morgan fingerprint density at radius 3 is 2.94 bits per heavy atom. The molecule has 0 saturated heterocycles. The van der Waals surface area contributed by atoms with Gasteiger partial charge in [-0.2, -0.15) is 0 Å². The van der Waals surface area contributed by atoms with Crippen LogP contribution in [0.5, 0.6) is 5.75 Å². The number of hydrogen-bond acceptors (Lipinski definition) is 6. The number of hydrogen-bond donors (Lipinski definition) is 1. The molecule has 0 aliphatic rings. The van der Waals surface area contributed by atoms with Crippen molar-refractivity contribution in [2.75, 3.05) is 20.3 Å². The summed E-state index contributed by atoms with van der Waals surface area (Å²) >= 11 is 0. The van der Waals surface area contributed by atoms with Gasteiger partial charge in [-0.1, -0.05) is 0 Å². The van der Waals surface area contributed by atoms with Crippen LogP contribution < -0.4 is 10.2 Å². The van der Waals surface area contributed by atoms with Crippen molar-refractivity contribution < 1.29 is 14.3 Å². The summed E-state index contributed by atoms with van der Waals surface area (Å²) in [5, 5.41) is 21.3. The fourth-order valence-corrected chi connectivity index (χ4v) is 1.12. The molecule has 0 aliphatic heterocycles. The van der Waals surface area contributed by atoms with E-state index in [0.717, 1.165) is 5.01 Å². The number of nitrogens with zero attached hydrogens (tertiary/aromatic N) is 3. The van der Waals surface area contributed by atoms with Crippen molar-refractivity contribution >= 4 is 0 Å². The Morgan fingerprint density at radius 2 is 2.44 bits per heavy atom. The summed E-state index contributed by atoms with van der Waals surface area (Å²) in [6.07, 6.45) is 1.19. The smallest absolute Gasteiger partial charge is 0.305 e. The lowest BCUT2D eigenvalue weighted by Gasteiger charge is -2.03. The Kier molecular flexibility index (Phi) is 4.29. The summed E-state index contributed by atoms with van der Waals surface area (Å²) in [5.41, 5.74) is -0.314. The molecule has 0 saturated carbocycles. The lowest BCUT2D eigenvalue weighted by molar-refractivity contribution is 0.218. The van der Waals surface area contributed by atoms with Gasteiger partial charge in [-0.25, -0.2) is 0 Å². The highest BCUT2D eigenvalue weighted by atomic mass is 16.5. The normalized spacial score (nSPS) is 9.56. The minimum atomic E-state index is -0.314. The second-order valence-electron chi connectivity index (χ2n) is 2.98. The molecule has 0 amide bonds. The first-order valence-corrected chi connectivity index (χ1v) is 4.57. The Bertz CT molecular complexity index is 437. The zero-order valence-electron chi connectivity index (χ0n) is 8.79. The first kappa shape index (κ1) is 12.0. The summed E-state index contributed by atoms with van der Waals surface area (Å²) in [7, 11) is 1.37. The monoisotopic (exact) mass is 226 g/mol. The Balaban J connectivity index is 2.79. The van der Waals surface area contributed by atoms with Crippen LogP contribution in [0.1, 0.15) is 5.76 Å². The summed E-state index contributed by atoms with van der Waals surface area (Å²) in [5.74, 6) is 0.426. The van der Waals surface area contributed by atoms with Gasteiger partial charge in [0.05, 0.1) is 13.7 Å². The van der Waals surface area contributed by atoms with E-state index in [-0.39, 0.29) is 30.9 Å². The van der Waals surface area contributed by atoms with Crippen molar-refractivity contribution in [3.05, 3.63) is 33.4 Å². The summed E-state index contributed by atoms with van der Waals surface area (Å²) in [6, 6.07) is 1.24. The van der Waals surface area contributed by atoms with E-state index >= 15 is 0 Å². The van der Waals surface area contributed by atoms with E-state index in [2.05, 4.69) is 5.08 Å². The average molecular weight is 226 g/mol. The maximum atomic E-state index is 11.4. The van der Waals surface area contributed by atoms with E-state index in [4.69, 9.17) is 19.7 Å². The second kappa shape index (κ2) is 5.72. The zero-order chi connectivity index (χ0) is 12.0. The molecule has 1 N–H and O–H groups in total. The van der Waals surface area contributed by atoms with E-state index in [1.54, 1.807) is 0 Å². The van der Waals surface area contributed by atoms with Crippen molar-refractivity contribution in [2.24, 2.45) is 0 Å². The number of methoxy groups -OCH3 is 1. The SMILES string of the molecule is COc1coc(CN(CCO)[N+]#N)cc1=O. The molecule has 0 fully saturated rings. The van der Waals surface area contributed by atoms with Gasteiger partial charge in [0.15, 0.2) is 6.54 Å². The predicted molar refractivity (Wildman–Crippen MR) is 54.1 cm³/mol. The second-order valence-corrected chi connectivity index (χ2v) is 2.98. The van der Waals surface area contributed by atoms with Crippen molar-refractivity contribution in [1.29, 1.82) is 5.39 Å². The molecule has 0 atom stereocenters. The highest BCUT2D eigenvalue weighted by Crippen LogP contribution is 2.07. The van der Waals surface area contributed by atoms with E-state index < -0.39 is 0 Å². The van der Waals surface area contributed by atoms with E-state index in [1.807, 2.05) is 0 Å². The van der Waals surface area contributed by atoms with E-state index in [1.165, 1.54) is 19.4 Å². The van der Waals surface area contributed by atoms with Crippen LogP contribution in [0.2, 0.25) is 0 Å². The lowest BCUT2D eigenvalue weighted by atomic mass is 10.3. The number of rotatable bonds is 5. The van der Waals surface area contributed by atoms with Crippen LogP contribution in [0.4, 0.5) is 0 Å². The number of ether oxygens (including phenoxy) is 1. The zero-order valence-corrected chi connectivity index (χ0v) is 8.79. The summed E-state index contributed by atoms with van der Waals surface area (Å²) in [4.78, 5) is 11.4. The minimum absolute atomic E-state index is 0.0935. The third kappa shape index (κ3) is 2.96. The third-order valence-corrected chi connectivity index (χ3v) is 1.90. The summed E-state index contributed by atoms with van der Waals surface area (Å²) in [6.45, 7) is 0.0764. The van der Waals surface area contributed by atoms with E-state index in [0.29, 0.717) is 5.76 Å². The van der Waals surface area contributed by atoms with Crippen LogP contribution in [0.3, 0.4) is 0 Å². The van der Waals surface area contributed by atoms with Gasteiger partial charge in [-0.15, -0.1) is 0 Å². The Hall–Kier alpha value is -2.07. The van der Waals surface area contributed by atoms with Gasteiger partial charge in [0.25, 0.3) is 5.39 Å². The maximum Gasteiger partial charge on any atom is 0.305 e. The van der Waals surface area contributed by atoms with Gasteiger partial charge >= 0.3 is 5.08 Å². The topological polar surface area (TPSA) is 91.1 Å². The van der Waals surface area contributed by atoms with Crippen molar-refractivity contribution in [3.63, 3.8) is 0 Å². The van der Waals surface area contributed by atoms with Gasteiger partial charge in [-0.05, 0) is 5.01 Å². The first-order valence-electron chi connectivity index (χ1n) is 4.57. The van der Waals surface area contributed by atoms with Crippen LogP contribution >= 0.6 is 0 Å². The third-order valence-electron chi connectivity index (χ3n) is 1.90. The summed E-state index contributed by atoms with van der Waals surface area (Å²) < 4.78 is 9.84. The van der Waals surface area contributed by atoms with Gasteiger partial charge in [0.2, 0.25) is 11.2 Å². The molecule has 0 aromatic carbocycles. The molecular formula is C9H12N3O4+. The molecule has 1 rings (SSSR count). The van der Waals surface area contributed by atoms with Crippen LogP contribution in [0, 0.1) is 5.39 Å². The standard InChI is InChI=1S/C9H12N3O4/c1-15-9-6-16-7(4-8(9)14)5-12(11-10)2-3-13/h4,6,13H,2-3,5H2,1H3/q+1. The molecule has 1 aromatic heterocycles. The molecule has 7 heteroatoms. The van der Waals surface area contributed by atoms with Crippen molar-refractivity contribution in [2.45, 2.75) is 6.54 Å². The van der Waals surface area contributed by atoms with Crippen molar-refractivity contribution in [3.8, 4) is 5.75 Å². The molecule has 0 aliphatic carbocycles. The highest BCUT2D eigenvalue weighted by Gasteiger charge is 2.15. The van der Waals surface area contributed by atoms with Crippen LogP contribution in [0.25, 0.3) is 5.08 Å². The van der Waals surface area contributed by atoms with Crippen LogP contribution in [-0.4, -0.2) is 30.4 Å². The predicted octanol–water partition coefficient (Wildman–Crippen LogP) is 0.211. The number of aliphatic hydroxyl groups is 1. The fraction of sp³-hybridized carbons (Fsp3) is 0.444. The molecule has 7 nitrogen and oxygen atoms in total. The molecule has 86 valence electrons. The average Bonchev–Trinajstić information content (AvgIpc) is 2.28. The molecular weight excluding hydrogens is 214 g/mol. The van der Waals surface area contributed by atoms with Gasteiger partial charge in [0.1, 0.15) is 18.6 Å². The highest BCUT2D eigenvalue weighted by molar-refractivity contribution is 5.17. The molecule has 0 bridgehead atoms. The Morgan fingerprint density at radius 1 is 1.69 bits per heavy atom. The van der Waals surface area contributed by atoms with Gasteiger partial charge in [-0.3, -0.25) is 4.79 Å². The first-order chi connectivity index (χ1) is 7.71. The minimum Gasteiger partial charge on any atom is -0.490 e. The van der Waals surface area contributed by atoms with E-state index in [9.17, 15) is 4.79 Å². The number of aliphatic hydroxyl groups excluding tert-OH is 1. The molecule has 1 heterocycles. The van der Waals surface area contributed by atoms with Gasteiger partial charge in [0, 0.05) is 6.07 Å². The van der Waals surface area contributed by atoms with Crippen LogP contribution in [0.15, 0.2) is 21.5 Å². The number of diazo groups is 1. The molecule has 1 aromatic rings. The molecule has 16 heavy (non-hydrogen) atoms. The molecule has 0 unspecified atom stereocenters. The Labute approximate surface area is 91.5 Å². The molecule has 0 spiro atoms. The molecule has 0 radical (unpaired) electrons. The van der Waals surface area contributed by atoms with Gasteiger partial charge < -0.3 is 14.3 Å². The largest absolute Gasteiger partial charge is 0.490 e. The van der Waals surface area contributed by atoms with Crippen molar-refractivity contribution in [1.82, 2.24) is 5.01 Å².